The van der Waals surface area contributed by atoms with Crippen LogP contribution in [-0.2, 0) is 19.5 Å². The molecule has 1 aromatic heterocycles. The van der Waals surface area contributed by atoms with Gasteiger partial charge in [0, 0.05) is 25.8 Å². The van der Waals surface area contributed by atoms with E-state index in [1.165, 1.54) is 0 Å². The van der Waals surface area contributed by atoms with Crippen LogP contribution in [0.3, 0.4) is 0 Å². The van der Waals surface area contributed by atoms with Gasteiger partial charge >= 0.3 is 6.03 Å². The molecule has 2 aliphatic rings. The molecule has 0 spiro atoms. The highest BCUT2D eigenvalue weighted by atomic mass is 16.6. The normalized spacial score (nSPS) is 15.8. The van der Waals surface area contributed by atoms with E-state index in [0.717, 1.165) is 35.7 Å². The van der Waals surface area contributed by atoms with Crippen molar-refractivity contribution in [3.63, 3.8) is 0 Å². The molecule has 1 N–H and O–H groups in total. The third-order valence-electron chi connectivity index (χ3n) is 4.35. The Hall–Kier alpha value is -2.70. The van der Waals surface area contributed by atoms with Crippen molar-refractivity contribution in [3.05, 3.63) is 42.0 Å². The number of amides is 2. The first-order valence-corrected chi connectivity index (χ1v) is 8.20. The van der Waals surface area contributed by atoms with Crippen molar-refractivity contribution >= 4 is 6.03 Å². The molecular formula is C17H20N4O3. The highest BCUT2D eigenvalue weighted by molar-refractivity contribution is 5.74. The molecule has 2 amide bonds. The average molecular weight is 328 g/mol. The zero-order valence-corrected chi connectivity index (χ0v) is 13.4. The van der Waals surface area contributed by atoms with E-state index in [1.54, 1.807) is 0 Å². The van der Waals surface area contributed by atoms with Gasteiger partial charge in [0.2, 0.25) is 0 Å². The fourth-order valence-corrected chi connectivity index (χ4v) is 3.03. The van der Waals surface area contributed by atoms with Crippen LogP contribution in [0.15, 0.2) is 30.7 Å². The minimum atomic E-state index is -0.0278. The van der Waals surface area contributed by atoms with Crippen molar-refractivity contribution in [2.45, 2.75) is 19.5 Å². The van der Waals surface area contributed by atoms with E-state index in [9.17, 15) is 4.79 Å². The summed E-state index contributed by atoms with van der Waals surface area (Å²) < 4.78 is 13.2. The van der Waals surface area contributed by atoms with Crippen LogP contribution >= 0.6 is 0 Å². The number of fused-ring (bicyclic) bond motifs is 2. The van der Waals surface area contributed by atoms with Crippen molar-refractivity contribution in [1.82, 2.24) is 19.8 Å². The highest BCUT2D eigenvalue weighted by Crippen LogP contribution is 2.30. The second-order valence-corrected chi connectivity index (χ2v) is 5.96. The van der Waals surface area contributed by atoms with Crippen LogP contribution in [-0.4, -0.2) is 46.8 Å². The zero-order chi connectivity index (χ0) is 16.4. The van der Waals surface area contributed by atoms with Crippen LogP contribution in [0.5, 0.6) is 11.5 Å². The largest absolute Gasteiger partial charge is 0.486 e. The van der Waals surface area contributed by atoms with Gasteiger partial charge in [-0.05, 0) is 24.1 Å². The SMILES string of the molecule is O=C(NCCc1ccc2c(c1)OCCO2)N1CCn2cncc2C1. The van der Waals surface area contributed by atoms with Crippen molar-refractivity contribution < 1.29 is 14.3 Å². The van der Waals surface area contributed by atoms with E-state index in [1.807, 2.05) is 35.6 Å². The zero-order valence-electron chi connectivity index (χ0n) is 13.4. The number of nitrogens with zero attached hydrogens (tertiary/aromatic N) is 3. The van der Waals surface area contributed by atoms with E-state index in [2.05, 4.69) is 14.9 Å². The van der Waals surface area contributed by atoms with Gasteiger partial charge in [0.05, 0.1) is 18.6 Å². The second kappa shape index (κ2) is 6.43. The van der Waals surface area contributed by atoms with Gasteiger partial charge in [0.25, 0.3) is 0 Å². The monoisotopic (exact) mass is 328 g/mol. The Balaban J connectivity index is 1.29. The van der Waals surface area contributed by atoms with Crippen LogP contribution < -0.4 is 14.8 Å². The Morgan fingerprint density at radius 3 is 3.00 bits per heavy atom. The molecule has 7 heteroatoms. The summed E-state index contributed by atoms with van der Waals surface area (Å²) in [7, 11) is 0. The summed E-state index contributed by atoms with van der Waals surface area (Å²) >= 11 is 0. The maximum Gasteiger partial charge on any atom is 0.317 e. The molecule has 24 heavy (non-hydrogen) atoms. The molecule has 2 aromatic rings. The molecule has 1 aromatic carbocycles. The fourth-order valence-electron chi connectivity index (χ4n) is 3.03. The van der Waals surface area contributed by atoms with Gasteiger partial charge in [-0.1, -0.05) is 6.07 Å². The summed E-state index contributed by atoms with van der Waals surface area (Å²) in [6.07, 6.45) is 4.38. The van der Waals surface area contributed by atoms with Gasteiger partial charge in [-0.3, -0.25) is 0 Å². The Kier molecular flexibility index (Phi) is 3.98. The number of aromatic nitrogens is 2. The van der Waals surface area contributed by atoms with E-state index in [-0.39, 0.29) is 6.03 Å². The number of benzene rings is 1. The lowest BCUT2D eigenvalue weighted by Gasteiger charge is -2.28. The Bertz CT molecular complexity index is 743. The second-order valence-electron chi connectivity index (χ2n) is 5.96. The number of carbonyl (C=O) groups is 1. The third kappa shape index (κ3) is 3.02. The van der Waals surface area contributed by atoms with Crippen LogP contribution in [0.25, 0.3) is 0 Å². The van der Waals surface area contributed by atoms with Gasteiger partial charge in [0.15, 0.2) is 11.5 Å². The summed E-state index contributed by atoms with van der Waals surface area (Å²) in [6, 6.07) is 5.90. The van der Waals surface area contributed by atoms with Crippen LogP contribution in [0, 0.1) is 0 Å². The molecule has 0 aliphatic carbocycles. The van der Waals surface area contributed by atoms with E-state index < -0.39 is 0 Å². The maximum atomic E-state index is 12.3. The number of hydrogen-bond acceptors (Lipinski definition) is 4. The molecule has 2 aliphatic heterocycles. The van der Waals surface area contributed by atoms with Gasteiger partial charge in [-0.25, -0.2) is 9.78 Å². The predicted molar refractivity (Wildman–Crippen MR) is 87.2 cm³/mol. The number of urea groups is 1. The molecule has 7 nitrogen and oxygen atoms in total. The number of rotatable bonds is 3. The molecule has 0 fully saturated rings. The molecule has 0 bridgehead atoms. The van der Waals surface area contributed by atoms with Crippen molar-refractivity contribution in [1.29, 1.82) is 0 Å². The van der Waals surface area contributed by atoms with Gasteiger partial charge in [0.1, 0.15) is 13.2 Å². The summed E-state index contributed by atoms with van der Waals surface area (Å²) in [5.41, 5.74) is 2.19. The molecule has 0 radical (unpaired) electrons. The van der Waals surface area contributed by atoms with Crippen molar-refractivity contribution in [2.75, 3.05) is 26.3 Å². The van der Waals surface area contributed by atoms with Crippen molar-refractivity contribution in [2.24, 2.45) is 0 Å². The molecule has 0 unspecified atom stereocenters. The van der Waals surface area contributed by atoms with Gasteiger partial charge in [-0.15, -0.1) is 0 Å². The maximum absolute atomic E-state index is 12.3. The highest BCUT2D eigenvalue weighted by Gasteiger charge is 2.20. The first-order valence-electron chi connectivity index (χ1n) is 8.20. The van der Waals surface area contributed by atoms with Crippen LogP contribution in [0.1, 0.15) is 11.3 Å². The quantitative estimate of drug-likeness (QED) is 0.925. The summed E-state index contributed by atoms with van der Waals surface area (Å²) in [5, 5.41) is 2.99. The third-order valence-corrected chi connectivity index (χ3v) is 4.35. The molecule has 3 heterocycles. The Labute approximate surface area is 140 Å². The van der Waals surface area contributed by atoms with Crippen molar-refractivity contribution in [3.8, 4) is 11.5 Å². The van der Waals surface area contributed by atoms with E-state index >= 15 is 0 Å². The summed E-state index contributed by atoms with van der Waals surface area (Å²) in [4.78, 5) is 18.2. The molecule has 0 saturated heterocycles. The molecular weight excluding hydrogens is 308 g/mol. The van der Waals surface area contributed by atoms with Crippen LogP contribution in [0.2, 0.25) is 0 Å². The lowest BCUT2D eigenvalue weighted by molar-refractivity contribution is 0.171. The van der Waals surface area contributed by atoms with Gasteiger partial charge < -0.3 is 24.3 Å². The summed E-state index contributed by atoms with van der Waals surface area (Å²) in [6.45, 7) is 3.88. The lowest BCUT2D eigenvalue weighted by Crippen LogP contribution is -2.44. The number of nitrogens with one attached hydrogen (secondary N) is 1. The van der Waals surface area contributed by atoms with Crippen LogP contribution in [0.4, 0.5) is 4.79 Å². The number of imidazole rings is 1. The standard InChI is InChI=1S/C17H20N4O3/c22-17(20-5-6-21-12-18-10-14(21)11-20)19-4-3-13-1-2-15-16(9-13)24-8-7-23-15/h1-2,9-10,12H,3-8,11H2,(H,19,22). The average Bonchev–Trinajstić information content (AvgIpc) is 3.09. The topological polar surface area (TPSA) is 68.6 Å². The smallest absolute Gasteiger partial charge is 0.317 e. The molecule has 126 valence electrons. The number of hydrogen-bond donors (Lipinski definition) is 1. The minimum Gasteiger partial charge on any atom is -0.486 e. The van der Waals surface area contributed by atoms with E-state index in [4.69, 9.17) is 9.47 Å². The molecule has 0 atom stereocenters. The van der Waals surface area contributed by atoms with E-state index in [0.29, 0.717) is 32.8 Å². The predicted octanol–water partition coefficient (Wildman–Crippen LogP) is 1.42. The summed E-state index contributed by atoms with van der Waals surface area (Å²) in [5.74, 6) is 1.58. The number of ether oxygens (including phenoxy) is 2. The Morgan fingerprint density at radius 1 is 1.21 bits per heavy atom. The Morgan fingerprint density at radius 2 is 2.08 bits per heavy atom. The molecule has 4 rings (SSSR count). The number of carbonyl (C=O) groups excluding carboxylic acids is 1. The molecule has 0 saturated carbocycles. The first-order chi connectivity index (χ1) is 11.8. The minimum absolute atomic E-state index is 0.0278. The lowest BCUT2D eigenvalue weighted by atomic mass is 10.1. The first kappa shape index (κ1) is 14.9. The fraction of sp³-hybridized carbons (Fsp3) is 0.412. The van der Waals surface area contributed by atoms with Gasteiger partial charge in [-0.2, -0.15) is 0 Å².